The average molecular weight is 323 g/mol. The van der Waals surface area contributed by atoms with Gasteiger partial charge in [0.25, 0.3) is 5.69 Å². The number of hydrazine groups is 1. The lowest BCUT2D eigenvalue weighted by molar-refractivity contribution is -0.384. The Kier molecular flexibility index (Phi) is 4.24. The normalized spacial score (nSPS) is 10.2. The first-order valence-corrected chi connectivity index (χ1v) is 7.09. The van der Waals surface area contributed by atoms with E-state index in [1.165, 1.54) is 12.1 Å². The molecular weight excluding hydrogens is 310 g/mol. The number of carbonyl (C=O) groups excluding carboxylic acids is 1. The zero-order valence-corrected chi connectivity index (χ0v) is 12.4. The van der Waals surface area contributed by atoms with Gasteiger partial charge in [-0.05, 0) is 36.4 Å². The molecule has 0 atom stereocenters. The minimum atomic E-state index is -0.472. The highest BCUT2D eigenvalue weighted by Gasteiger charge is 2.13. The van der Waals surface area contributed by atoms with Gasteiger partial charge in [0.15, 0.2) is 5.76 Å². The van der Waals surface area contributed by atoms with Gasteiger partial charge >= 0.3 is 5.91 Å². The molecule has 0 saturated heterocycles. The summed E-state index contributed by atoms with van der Waals surface area (Å²) in [5.41, 5.74) is 6.70. The molecule has 0 spiro atoms. The Bertz CT molecular complexity index is 857. The van der Waals surface area contributed by atoms with Gasteiger partial charge in [0, 0.05) is 17.7 Å². The van der Waals surface area contributed by atoms with Gasteiger partial charge in [-0.3, -0.25) is 25.8 Å². The number of hydrogen-bond acceptors (Lipinski definition) is 5. The van der Waals surface area contributed by atoms with Gasteiger partial charge in [0.2, 0.25) is 0 Å². The van der Waals surface area contributed by atoms with Crippen molar-refractivity contribution in [2.45, 2.75) is 0 Å². The molecule has 0 aliphatic heterocycles. The molecule has 0 aliphatic rings. The minimum Gasteiger partial charge on any atom is -0.451 e. The third kappa shape index (κ3) is 3.41. The molecule has 24 heavy (non-hydrogen) atoms. The summed E-state index contributed by atoms with van der Waals surface area (Å²) in [4.78, 5) is 22.2. The number of rotatable bonds is 5. The van der Waals surface area contributed by atoms with Crippen LogP contribution in [0.25, 0.3) is 11.3 Å². The van der Waals surface area contributed by atoms with Crippen LogP contribution in [-0.2, 0) is 0 Å². The van der Waals surface area contributed by atoms with Crippen molar-refractivity contribution < 1.29 is 14.1 Å². The van der Waals surface area contributed by atoms with Crippen molar-refractivity contribution in [3.05, 3.63) is 82.6 Å². The Hall–Kier alpha value is -3.61. The first-order valence-electron chi connectivity index (χ1n) is 7.09. The van der Waals surface area contributed by atoms with Crippen molar-refractivity contribution in [3.63, 3.8) is 0 Å². The molecular formula is C17H13N3O4. The molecule has 0 saturated carbocycles. The summed E-state index contributed by atoms with van der Waals surface area (Å²) in [6.45, 7) is 0. The van der Waals surface area contributed by atoms with Gasteiger partial charge in [-0.15, -0.1) is 0 Å². The number of nitro groups is 1. The van der Waals surface area contributed by atoms with Crippen molar-refractivity contribution in [3.8, 4) is 11.3 Å². The molecule has 3 aromatic rings. The van der Waals surface area contributed by atoms with Crippen LogP contribution >= 0.6 is 0 Å². The van der Waals surface area contributed by atoms with Crippen LogP contribution in [-0.4, -0.2) is 10.8 Å². The predicted octanol–water partition coefficient (Wildman–Crippen LogP) is 3.61. The van der Waals surface area contributed by atoms with Crippen LogP contribution in [0, 0.1) is 10.1 Å². The number of furan rings is 1. The summed E-state index contributed by atoms with van der Waals surface area (Å²) >= 11 is 0. The molecule has 0 fully saturated rings. The van der Waals surface area contributed by atoms with Crippen molar-refractivity contribution in [1.82, 2.24) is 5.43 Å². The Labute approximate surface area is 137 Å². The Morgan fingerprint density at radius 2 is 1.67 bits per heavy atom. The van der Waals surface area contributed by atoms with Crippen LogP contribution in [0.15, 0.2) is 71.1 Å². The van der Waals surface area contributed by atoms with Crippen LogP contribution in [0.5, 0.6) is 0 Å². The molecule has 1 amide bonds. The molecule has 0 unspecified atom stereocenters. The molecule has 0 aliphatic carbocycles. The van der Waals surface area contributed by atoms with E-state index in [-0.39, 0.29) is 11.4 Å². The number of hydrogen-bond donors (Lipinski definition) is 2. The second-order valence-electron chi connectivity index (χ2n) is 4.91. The quantitative estimate of drug-likeness (QED) is 0.552. The van der Waals surface area contributed by atoms with Gasteiger partial charge in [-0.25, -0.2) is 0 Å². The summed E-state index contributed by atoms with van der Waals surface area (Å²) < 4.78 is 5.50. The third-order valence-corrected chi connectivity index (χ3v) is 3.29. The fourth-order valence-corrected chi connectivity index (χ4v) is 2.07. The van der Waals surface area contributed by atoms with E-state index in [1.807, 2.05) is 30.3 Å². The van der Waals surface area contributed by atoms with E-state index in [2.05, 4.69) is 10.9 Å². The molecule has 3 rings (SSSR count). The topological polar surface area (TPSA) is 97.4 Å². The molecule has 7 nitrogen and oxygen atoms in total. The molecule has 1 heterocycles. The number of anilines is 1. The lowest BCUT2D eigenvalue weighted by atomic mass is 10.1. The van der Waals surface area contributed by atoms with Gasteiger partial charge in [0.05, 0.1) is 10.6 Å². The third-order valence-electron chi connectivity index (χ3n) is 3.29. The van der Waals surface area contributed by atoms with Crippen molar-refractivity contribution in [1.29, 1.82) is 0 Å². The number of nitrogens with one attached hydrogen (secondary N) is 2. The van der Waals surface area contributed by atoms with E-state index in [1.54, 1.807) is 24.3 Å². The van der Waals surface area contributed by atoms with E-state index in [4.69, 9.17) is 4.42 Å². The standard InChI is InChI=1S/C17H13N3O4/c21-17(19-18-13-4-2-1-3-5-13)16-11-10-15(24-16)12-6-8-14(9-7-12)20(22)23/h1-11,18H,(H,19,21). The van der Waals surface area contributed by atoms with Gasteiger partial charge < -0.3 is 4.42 Å². The SMILES string of the molecule is O=C(NNc1ccccc1)c1ccc(-c2ccc([N+](=O)[O-])cc2)o1. The highest BCUT2D eigenvalue weighted by Crippen LogP contribution is 2.24. The van der Waals surface area contributed by atoms with Gasteiger partial charge in [-0.2, -0.15) is 0 Å². The average Bonchev–Trinajstić information content (AvgIpc) is 3.11. The second-order valence-corrected chi connectivity index (χ2v) is 4.91. The Balaban J connectivity index is 1.68. The number of nitro benzene ring substituents is 1. The zero-order chi connectivity index (χ0) is 16.9. The zero-order valence-electron chi connectivity index (χ0n) is 12.4. The molecule has 2 aromatic carbocycles. The van der Waals surface area contributed by atoms with E-state index in [9.17, 15) is 14.9 Å². The maximum absolute atomic E-state index is 12.0. The van der Waals surface area contributed by atoms with Crippen molar-refractivity contribution >= 4 is 17.3 Å². The maximum Gasteiger partial charge on any atom is 0.305 e. The molecule has 7 heteroatoms. The van der Waals surface area contributed by atoms with Crippen LogP contribution in [0.3, 0.4) is 0 Å². The number of amides is 1. The first-order chi connectivity index (χ1) is 11.6. The predicted molar refractivity (Wildman–Crippen MR) is 88.3 cm³/mol. The van der Waals surface area contributed by atoms with Gasteiger partial charge in [-0.1, -0.05) is 18.2 Å². The lowest BCUT2D eigenvalue weighted by Crippen LogP contribution is -2.28. The Morgan fingerprint density at radius 1 is 0.958 bits per heavy atom. The van der Waals surface area contributed by atoms with Crippen LogP contribution in [0.1, 0.15) is 10.6 Å². The smallest absolute Gasteiger partial charge is 0.305 e. The largest absolute Gasteiger partial charge is 0.451 e. The fourth-order valence-electron chi connectivity index (χ4n) is 2.07. The van der Waals surface area contributed by atoms with E-state index in [0.29, 0.717) is 11.3 Å². The first kappa shape index (κ1) is 15.3. The van der Waals surface area contributed by atoms with Crippen molar-refractivity contribution in [2.24, 2.45) is 0 Å². The number of non-ortho nitro benzene ring substituents is 1. The summed E-state index contributed by atoms with van der Waals surface area (Å²) in [5.74, 6) is 0.161. The van der Waals surface area contributed by atoms with Crippen LogP contribution < -0.4 is 10.9 Å². The van der Waals surface area contributed by atoms with E-state index in [0.717, 1.165) is 5.69 Å². The molecule has 0 bridgehead atoms. The maximum atomic E-state index is 12.0. The van der Waals surface area contributed by atoms with Crippen LogP contribution in [0.2, 0.25) is 0 Å². The summed E-state index contributed by atoms with van der Waals surface area (Å²) in [6, 6.07) is 18.3. The molecule has 0 radical (unpaired) electrons. The number of carbonyl (C=O) groups is 1. The highest BCUT2D eigenvalue weighted by atomic mass is 16.6. The summed E-state index contributed by atoms with van der Waals surface area (Å²) in [5, 5.41) is 10.7. The highest BCUT2D eigenvalue weighted by molar-refractivity contribution is 5.92. The minimum absolute atomic E-state index is 0.00432. The molecule has 2 N–H and O–H groups in total. The second kappa shape index (κ2) is 6.66. The van der Waals surface area contributed by atoms with Crippen molar-refractivity contribution in [2.75, 3.05) is 5.43 Å². The van der Waals surface area contributed by atoms with Gasteiger partial charge in [0.1, 0.15) is 5.76 Å². The lowest BCUT2D eigenvalue weighted by Gasteiger charge is -2.06. The number of nitrogens with zero attached hydrogens (tertiary/aromatic N) is 1. The fraction of sp³-hybridized carbons (Fsp3) is 0. The van der Waals surface area contributed by atoms with E-state index < -0.39 is 10.8 Å². The molecule has 120 valence electrons. The Morgan fingerprint density at radius 3 is 2.33 bits per heavy atom. The summed E-state index contributed by atoms with van der Waals surface area (Å²) in [7, 11) is 0. The number of benzene rings is 2. The van der Waals surface area contributed by atoms with E-state index >= 15 is 0 Å². The van der Waals surface area contributed by atoms with Crippen LogP contribution in [0.4, 0.5) is 11.4 Å². The monoisotopic (exact) mass is 323 g/mol. The number of para-hydroxylation sites is 1. The molecule has 1 aromatic heterocycles. The summed E-state index contributed by atoms with van der Waals surface area (Å²) in [6.07, 6.45) is 0.